The van der Waals surface area contributed by atoms with Crippen molar-refractivity contribution in [2.24, 2.45) is 5.92 Å². The average molecular weight is 406 g/mol. The van der Waals surface area contributed by atoms with Crippen LogP contribution < -0.4 is 10.6 Å². The topological polar surface area (TPSA) is 142 Å². The predicted molar refractivity (Wildman–Crippen MR) is 102 cm³/mol. The molecule has 2 rings (SSSR count). The lowest BCUT2D eigenvalue weighted by atomic mass is 9.83. The van der Waals surface area contributed by atoms with Gasteiger partial charge in [0.05, 0.1) is 12.5 Å². The third kappa shape index (κ3) is 7.90. The zero-order valence-electron chi connectivity index (χ0n) is 16.0. The maximum atomic E-state index is 12.1. The zero-order valence-corrected chi connectivity index (χ0v) is 16.0. The molecule has 0 aliphatic heterocycles. The number of carbonyl (C=O) groups is 4. The molecule has 0 aromatic heterocycles. The van der Waals surface area contributed by atoms with E-state index in [1.54, 1.807) is 12.1 Å². The van der Waals surface area contributed by atoms with E-state index >= 15 is 0 Å². The lowest BCUT2D eigenvalue weighted by Gasteiger charge is -2.27. The highest BCUT2D eigenvalue weighted by Crippen LogP contribution is 2.24. The number of alkyl carbamates (subject to hydrolysis) is 1. The quantitative estimate of drug-likeness (QED) is 0.479. The number of rotatable bonds is 9. The second-order valence-electron chi connectivity index (χ2n) is 7.08. The van der Waals surface area contributed by atoms with Crippen LogP contribution >= 0.6 is 0 Å². The molecule has 3 atom stereocenters. The number of benzene rings is 1. The van der Waals surface area contributed by atoms with Crippen LogP contribution in [0.15, 0.2) is 30.3 Å². The molecule has 4 N–H and O–H groups in total. The number of carboxylic acids is 1. The van der Waals surface area contributed by atoms with Gasteiger partial charge in [0.2, 0.25) is 5.91 Å². The fourth-order valence-corrected chi connectivity index (χ4v) is 3.22. The molecule has 0 spiro atoms. The second kappa shape index (κ2) is 11.2. The number of aliphatic carboxylic acids is 1. The summed E-state index contributed by atoms with van der Waals surface area (Å²) < 4.78 is 5.00. The number of amides is 2. The summed E-state index contributed by atoms with van der Waals surface area (Å²) in [6, 6.07) is 7.88. The highest BCUT2D eigenvalue weighted by Gasteiger charge is 2.33. The molecule has 0 unspecified atom stereocenters. The number of hydrogen-bond donors (Lipinski definition) is 4. The largest absolute Gasteiger partial charge is 0.480 e. The van der Waals surface area contributed by atoms with Crippen molar-refractivity contribution >= 4 is 23.8 Å². The third-order valence-corrected chi connectivity index (χ3v) is 4.69. The lowest BCUT2D eigenvalue weighted by molar-refractivity contribution is -0.144. The molecule has 1 aliphatic rings. The maximum absolute atomic E-state index is 12.1. The van der Waals surface area contributed by atoms with Crippen LogP contribution in [-0.4, -0.2) is 52.7 Å². The SMILES string of the molecule is O=C1CCC[C@@H]([C@@H](NC(=O)C[C@H](O)CNC(=O)OCc2ccccc2)C(=O)O)C1. The van der Waals surface area contributed by atoms with Gasteiger partial charge in [0.25, 0.3) is 0 Å². The molecule has 0 bridgehead atoms. The predicted octanol–water partition coefficient (Wildman–Crippen LogP) is 0.992. The Hall–Kier alpha value is -2.94. The van der Waals surface area contributed by atoms with E-state index in [0.717, 1.165) is 5.56 Å². The summed E-state index contributed by atoms with van der Waals surface area (Å²) in [5.74, 6) is -2.35. The van der Waals surface area contributed by atoms with Gasteiger partial charge in [-0.05, 0) is 24.3 Å². The first-order valence-corrected chi connectivity index (χ1v) is 9.51. The normalized spacial score (nSPS) is 18.4. The third-order valence-electron chi connectivity index (χ3n) is 4.69. The van der Waals surface area contributed by atoms with Crippen LogP contribution in [0.3, 0.4) is 0 Å². The van der Waals surface area contributed by atoms with Crippen molar-refractivity contribution in [3.63, 3.8) is 0 Å². The first kappa shape index (κ1) is 22.4. The van der Waals surface area contributed by atoms with E-state index in [9.17, 15) is 29.4 Å². The summed E-state index contributed by atoms with van der Waals surface area (Å²) >= 11 is 0. The first-order chi connectivity index (χ1) is 13.8. The minimum absolute atomic E-state index is 0.0139. The number of aliphatic hydroxyl groups is 1. The lowest BCUT2D eigenvalue weighted by Crippen LogP contribution is -2.48. The molecular formula is C20H26N2O7. The van der Waals surface area contributed by atoms with Crippen molar-refractivity contribution in [1.82, 2.24) is 10.6 Å². The minimum Gasteiger partial charge on any atom is -0.480 e. The molecule has 9 heteroatoms. The fraction of sp³-hybridized carbons (Fsp3) is 0.500. The Labute approximate surface area is 168 Å². The summed E-state index contributed by atoms with van der Waals surface area (Å²) in [6.45, 7) is -0.148. The molecule has 1 aromatic carbocycles. The molecule has 0 heterocycles. The van der Waals surface area contributed by atoms with E-state index in [2.05, 4.69) is 10.6 Å². The van der Waals surface area contributed by atoms with Crippen molar-refractivity contribution in [2.45, 2.75) is 50.9 Å². The fourth-order valence-electron chi connectivity index (χ4n) is 3.22. The summed E-state index contributed by atoms with van der Waals surface area (Å²) in [7, 11) is 0. The molecule has 1 fully saturated rings. The first-order valence-electron chi connectivity index (χ1n) is 9.51. The van der Waals surface area contributed by atoms with Gasteiger partial charge >= 0.3 is 12.1 Å². The van der Waals surface area contributed by atoms with E-state index in [1.807, 2.05) is 18.2 Å². The van der Waals surface area contributed by atoms with Crippen molar-refractivity contribution in [3.8, 4) is 0 Å². The number of carboxylic acid groups (broad SMARTS) is 1. The van der Waals surface area contributed by atoms with Crippen molar-refractivity contribution in [2.75, 3.05) is 6.54 Å². The van der Waals surface area contributed by atoms with Gasteiger partial charge in [0, 0.05) is 19.4 Å². The molecule has 0 saturated heterocycles. The molecule has 1 aromatic rings. The number of hydrogen-bond acceptors (Lipinski definition) is 6. The van der Waals surface area contributed by atoms with Crippen LogP contribution in [0, 0.1) is 5.92 Å². The Morgan fingerprint density at radius 3 is 2.59 bits per heavy atom. The molecule has 2 amide bonds. The van der Waals surface area contributed by atoms with E-state index in [4.69, 9.17) is 4.74 Å². The molecule has 29 heavy (non-hydrogen) atoms. The van der Waals surface area contributed by atoms with Crippen molar-refractivity contribution in [3.05, 3.63) is 35.9 Å². The number of ketones is 1. The van der Waals surface area contributed by atoms with Gasteiger partial charge in [0.1, 0.15) is 18.4 Å². The maximum Gasteiger partial charge on any atom is 0.407 e. The molecule has 1 aliphatic carbocycles. The Bertz CT molecular complexity index is 723. The molecule has 0 radical (unpaired) electrons. The van der Waals surface area contributed by atoms with Crippen molar-refractivity contribution < 1.29 is 34.1 Å². The molecule has 9 nitrogen and oxygen atoms in total. The van der Waals surface area contributed by atoms with E-state index in [1.165, 1.54) is 0 Å². The Morgan fingerprint density at radius 1 is 1.21 bits per heavy atom. The van der Waals surface area contributed by atoms with Crippen molar-refractivity contribution in [1.29, 1.82) is 0 Å². The monoisotopic (exact) mass is 406 g/mol. The molecular weight excluding hydrogens is 380 g/mol. The Morgan fingerprint density at radius 2 is 1.93 bits per heavy atom. The standard InChI is InChI=1S/C20H26N2O7/c23-15-8-4-7-14(9-15)18(19(26)27)22-17(25)10-16(24)11-21-20(28)29-12-13-5-2-1-3-6-13/h1-3,5-6,14,16,18,24H,4,7-12H2,(H,21,28)(H,22,25)(H,26,27)/t14-,16+,18-/m1/s1. The summed E-state index contributed by atoms with van der Waals surface area (Å²) in [4.78, 5) is 46.8. The van der Waals surface area contributed by atoms with E-state index in [0.29, 0.717) is 19.3 Å². The van der Waals surface area contributed by atoms with Gasteiger partial charge < -0.3 is 25.6 Å². The molecule has 158 valence electrons. The summed E-state index contributed by atoms with van der Waals surface area (Å²) in [5, 5.41) is 24.0. The van der Waals surface area contributed by atoms with Crippen LogP contribution in [0.5, 0.6) is 0 Å². The van der Waals surface area contributed by atoms with E-state index in [-0.39, 0.29) is 31.8 Å². The van der Waals surface area contributed by atoms with Gasteiger partial charge in [-0.2, -0.15) is 0 Å². The second-order valence-corrected chi connectivity index (χ2v) is 7.08. The zero-order chi connectivity index (χ0) is 21.2. The van der Waals surface area contributed by atoms with Crippen LogP contribution in [0.25, 0.3) is 0 Å². The van der Waals surface area contributed by atoms with E-state index < -0.39 is 36.0 Å². The Kier molecular flexibility index (Phi) is 8.60. The minimum atomic E-state index is -1.21. The van der Waals surface area contributed by atoms with Gasteiger partial charge in [0.15, 0.2) is 0 Å². The number of nitrogens with one attached hydrogen (secondary N) is 2. The highest BCUT2D eigenvalue weighted by atomic mass is 16.5. The van der Waals surface area contributed by atoms with Gasteiger partial charge in [-0.3, -0.25) is 9.59 Å². The number of carbonyl (C=O) groups excluding carboxylic acids is 3. The van der Waals surface area contributed by atoms with Gasteiger partial charge in [-0.1, -0.05) is 30.3 Å². The summed E-state index contributed by atoms with van der Waals surface area (Å²) in [6.07, 6.45) is -0.639. The van der Waals surface area contributed by atoms with Crippen LogP contribution in [0.2, 0.25) is 0 Å². The van der Waals surface area contributed by atoms with Crippen LogP contribution in [-0.2, 0) is 25.7 Å². The summed E-state index contributed by atoms with van der Waals surface area (Å²) in [5.41, 5.74) is 0.809. The smallest absolute Gasteiger partial charge is 0.407 e. The number of ether oxygens (including phenoxy) is 1. The Balaban J connectivity index is 1.72. The van der Waals surface area contributed by atoms with Gasteiger partial charge in [-0.15, -0.1) is 0 Å². The van der Waals surface area contributed by atoms with Crippen LogP contribution in [0.1, 0.15) is 37.7 Å². The van der Waals surface area contributed by atoms with Crippen LogP contribution in [0.4, 0.5) is 4.79 Å². The average Bonchev–Trinajstić information content (AvgIpc) is 2.69. The highest BCUT2D eigenvalue weighted by molar-refractivity contribution is 5.86. The molecule has 1 saturated carbocycles. The number of Topliss-reactive ketones (excluding diaryl/α,β-unsaturated/α-hetero) is 1. The number of aliphatic hydroxyl groups excluding tert-OH is 1. The van der Waals surface area contributed by atoms with Gasteiger partial charge in [-0.25, -0.2) is 9.59 Å².